The van der Waals surface area contributed by atoms with Crippen LogP contribution in [0.1, 0.15) is 6.42 Å². The van der Waals surface area contributed by atoms with Crippen LogP contribution in [-0.4, -0.2) is 55.8 Å². The zero-order valence-electron chi connectivity index (χ0n) is 9.94. The van der Waals surface area contributed by atoms with Crippen molar-refractivity contribution < 1.29 is 12.3 Å². The van der Waals surface area contributed by atoms with Gasteiger partial charge in [0, 0.05) is 6.54 Å². The van der Waals surface area contributed by atoms with Gasteiger partial charge in [0.1, 0.15) is 47.9 Å². The second-order valence-electron chi connectivity index (χ2n) is 3.98. The molecule has 0 aliphatic carbocycles. The summed E-state index contributed by atoms with van der Waals surface area (Å²) in [5, 5.41) is 2.70. The molecule has 1 fully saturated rings. The van der Waals surface area contributed by atoms with Crippen molar-refractivity contribution in [2.24, 2.45) is 5.18 Å². The summed E-state index contributed by atoms with van der Waals surface area (Å²) in [6.45, 7) is 0.195. The molecule has 2 N–H and O–H groups in total. The molecule has 18 heavy (non-hydrogen) atoms. The molecule has 0 aromatic carbocycles. The first-order valence-electron chi connectivity index (χ1n) is 5.55. The molecule has 0 bridgehead atoms. The maximum Gasteiger partial charge on any atom is 0.243 e. The van der Waals surface area contributed by atoms with E-state index >= 15 is 0 Å². The number of carbonyl (C=O) groups is 1. The standard InChI is InChI=1S/C9H16FIN4O3/c1-12-14-7(4-13-17)9(16)15-3-2-8(18-11)6(10)5-15/h6-8,12,14H,2-5H2,1H3/t6-,7?,8+/m1/s1. The summed E-state index contributed by atoms with van der Waals surface area (Å²) >= 11 is 1.66. The number of piperidine rings is 1. The average molecular weight is 374 g/mol. The van der Waals surface area contributed by atoms with Crippen LogP contribution in [0, 0.1) is 4.91 Å². The summed E-state index contributed by atoms with van der Waals surface area (Å²) in [5.74, 6) is -0.335. The van der Waals surface area contributed by atoms with E-state index in [0.29, 0.717) is 13.0 Å². The van der Waals surface area contributed by atoms with Crippen LogP contribution >= 0.6 is 23.0 Å². The molecular formula is C9H16FIN4O3. The molecule has 9 heteroatoms. The number of nitrogens with zero attached hydrogens (tertiary/aromatic N) is 2. The second-order valence-corrected chi connectivity index (χ2v) is 4.48. The molecule has 7 nitrogen and oxygen atoms in total. The lowest BCUT2D eigenvalue weighted by atomic mass is 10.1. The normalized spacial score (nSPS) is 25.8. The third kappa shape index (κ3) is 4.07. The van der Waals surface area contributed by atoms with Gasteiger partial charge in [0.25, 0.3) is 0 Å². The summed E-state index contributed by atoms with van der Waals surface area (Å²) in [4.78, 5) is 23.7. The van der Waals surface area contributed by atoms with E-state index in [9.17, 15) is 14.1 Å². The molecule has 1 amide bonds. The SMILES string of the molecule is CNNC(CN=O)C(=O)N1CC[C@H](OI)[C@H](F)C1. The number of amides is 1. The molecule has 0 saturated carbocycles. The lowest BCUT2D eigenvalue weighted by Gasteiger charge is -2.35. The maximum atomic E-state index is 13.6. The number of hydrogen-bond donors (Lipinski definition) is 2. The predicted octanol–water partition coefficient (Wildman–Crippen LogP) is 0.151. The molecule has 0 aromatic heterocycles. The number of halogens is 2. The molecule has 0 radical (unpaired) electrons. The Hall–Kier alpha value is -0.390. The van der Waals surface area contributed by atoms with Gasteiger partial charge < -0.3 is 7.97 Å². The Morgan fingerprint density at radius 2 is 2.44 bits per heavy atom. The summed E-state index contributed by atoms with van der Waals surface area (Å²) < 4.78 is 18.6. The van der Waals surface area contributed by atoms with Crippen molar-refractivity contribution in [1.29, 1.82) is 0 Å². The molecular weight excluding hydrogens is 358 g/mol. The van der Waals surface area contributed by atoms with Crippen LogP contribution in [0.5, 0.6) is 0 Å². The quantitative estimate of drug-likeness (QED) is 0.393. The van der Waals surface area contributed by atoms with E-state index < -0.39 is 18.3 Å². The number of hydrazine groups is 1. The van der Waals surface area contributed by atoms with E-state index in [1.165, 1.54) is 4.90 Å². The van der Waals surface area contributed by atoms with Gasteiger partial charge in [0.15, 0.2) is 0 Å². The van der Waals surface area contributed by atoms with E-state index in [2.05, 4.69) is 16.0 Å². The lowest BCUT2D eigenvalue weighted by molar-refractivity contribution is -0.137. The molecule has 1 heterocycles. The lowest BCUT2D eigenvalue weighted by Crippen LogP contribution is -2.56. The third-order valence-electron chi connectivity index (χ3n) is 2.78. The van der Waals surface area contributed by atoms with Gasteiger partial charge in [-0.15, -0.1) is 0 Å². The fraction of sp³-hybridized carbons (Fsp3) is 0.889. The Balaban J connectivity index is 2.57. The molecule has 3 atom stereocenters. The molecule has 1 aliphatic rings. The van der Waals surface area contributed by atoms with Gasteiger partial charge in [-0.3, -0.25) is 10.2 Å². The van der Waals surface area contributed by atoms with Gasteiger partial charge in [-0.2, -0.15) is 4.91 Å². The number of likely N-dealkylation sites (tertiary alicyclic amines) is 1. The van der Waals surface area contributed by atoms with Crippen molar-refractivity contribution >= 4 is 28.9 Å². The van der Waals surface area contributed by atoms with Gasteiger partial charge in [-0.1, -0.05) is 5.18 Å². The van der Waals surface area contributed by atoms with Crippen LogP contribution in [0.25, 0.3) is 0 Å². The van der Waals surface area contributed by atoms with Crippen LogP contribution < -0.4 is 10.9 Å². The highest BCUT2D eigenvalue weighted by Crippen LogP contribution is 2.19. The maximum absolute atomic E-state index is 13.6. The van der Waals surface area contributed by atoms with Crippen molar-refractivity contribution in [1.82, 2.24) is 15.8 Å². The summed E-state index contributed by atoms with van der Waals surface area (Å²) in [5.41, 5.74) is 5.22. The fourth-order valence-electron chi connectivity index (χ4n) is 1.84. The first-order chi connectivity index (χ1) is 8.63. The zero-order valence-corrected chi connectivity index (χ0v) is 12.1. The van der Waals surface area contributed by atoms with E-state index in [0.717, 1.165) is 0 Å². The first-order valence-corrected chi connectivity index (χ1v) is 6.43. The average Bonchev–Trinajstić information content (AvgIpc) is 2.37. The summed E-state index contributed by atoms with van der Waals surface area (Å²) in [6, 6.07) is -0.767. The molecule has 0 aromatic rings. The van der Waals surface area contributed by atoms with Gasteiger partial charge in [0.2, 0.25) is 5.91 Å². The van der Waals surface area contributed by atoms with Gasteiger partial charge >= 0.3 is 0 Å². The largest absolute Gasteiger partial charge is 0.338 e. The van der Waals surface area contributed by atoms with Gasteiger partial charge in [-0.25, -0.2) is 9.82 Å². The highest BCUT2D eigenvalue weighted by molar-refractivity contribution is 14.1. The number of rotatable bonds is 6. The third-order valence-corrected chi connectivity index (χ3v) is 3.43. The zero-order chi connectivity index (χ0) is 13.5. The van der Waals surface area contributed by atoms with Gasteiger partial charge in [0.05, 0.1) is 6.54 Å². The van der Waals surface area contributed by atoms with E-state index in [4.69, 9.17) is 3.07 Å². The van der Waals surface area contributed by atoms with Crippen LogP contribution in [-0.2, 0) is 7.86 Å². The molecule has 1 aliphatic heterocycles. The highest BCUT2D eigenvalue weighted by Gasteiger charge is 2.34. The smallest absolute Gasteiger partial charge is 0.243 e. The van der Waals surface area contributed by atoms with E-state index in [-0.39, 0.29) is 19.0 Å². The van der Waals surface area contributed by atoms with Gasteiger partial charge in [-0.05, 0) is 13.5 Å². The van der Waals surface area contributed by atoms with Crippen molar-refractivity contribution in [3.8, 4) is 0 Å². The number of hydrogen-bond acceptors (Lipinski definition) is 6. The van der Waals surface area contributed by atoms with Crippen molar-refractivity contribution in [3.63, 3.8) is 0 Å². The minimum Gasteiger partial charge on any atom is -0.338 e. The Morgan fingerprint density at radius 1 is 1.72 bits per heavy atom. The van der Waals surface area contributed by atoms with Crippen molar-refractivity contribution in [2.45, 2.75) is 24.7 Å². The predicted molar refractivity (Wildman–Crippen MR) is 71.6 cm³/mol. The number of nitrogens with one attached hydrogen (secondary N) is 2. The molecule has 1 saturated heterocycles. The summed E-state index contributed by atoms with van der Waals surface area (Å²) in [6.07, 6.45) is -1.25. The van der Waals surface area contributed by atoms with E-state index in [1.54, 1.807) is 30.1 Å². The Labute approximate surface area is 118 Å². The second kappa shape index (κ2) is 7.92. The summed E-state index contributed by atoms with van der Waals surface area (Å²) in [7, 11) is 1.58. The highest BCUT2D eigenvalue weighted by atomic mass is 127. The Bertz CT molecular complexity index is 297. The number of carbonyl (C=O) groups excluding carboxylic acids is 1. The Morgan fingerprint density at radius 3 is 2.94 bits per heavy atom. The fourth-order valence-corrected chi connectivity index (χ4v) is 2.41. The van der Waals surface area contributed by atoms with Crippen LogP contribution in [0.2, 0.25) is 0 Å². The molecule has 104 valence electrons. The van der Waals surface area contributed by atoms with Crippen molar-refractivity contribution in [2.75, 3.05) is 26.7 Å². The van der Waals surface area contributed by atoms with Crippen LogP contribution in [0.3, 0.4) is 0 Å². The minimum absolute atomic E-state index is 0.0206. The monoisotopic (exact) mass is 374 g/mol. The number of nitroso groups, excluding NO2 is 1. The minimum atomic E-state index is -1.21. The molecule has 1 rings (SSSR count). The first kappa shape index (κ1) is 15.7. The van der Waals surface area contributed by atoms with Crippen LogP contribution in [0.15, 0.2) is 5.18 Å². The van der Waals surface area contributed by atoms with Crippen LogP contribution in [0.4, 0.5) is 4.39 Å². The molecule has 1 unspecified atom stereocenters. The topological polar surface area (TPSA) is 83.0 Å². The Kier molecular flexibility index (Phi) is 6.89. The number of alkyl halides is 1. The van der Waals surface area contributed by atoms with E-state index in [1.807, 2.05) is 0 Å². The van der Waals surface area contributed by atoms with Crippen molar-refractivity contribution in [3.05, 3.63) is 4.91 Å². The molecule has 0 spiro atoms.